The van der Waals surface area contributed by atoms with E-state index in [4.69, 9.17) is 0 Å². The molecule has 2 heterocycles. The standard InChI is InChI=1S/C19H28N4O2/c1-15-13-16(7-8-20-15)19(25)23-11-9-22(10-12-23)14-18(24)21-17-5-3-2-4-6-17/h2-6,15-16,20H,7-14H2,1H3,(H,21,24)/t15-,16-/m0/s1. The molecule has 0 saturated carbocycles. The van der Waals surface area contributed by atoms with Crippen LogP contribution in [0, 0.1) is 5.92 Å². The van der Waals surface area contributed by atoms with Gasteiger partial charge in [-0.1, -0.05) is 18.2 Å². The van der Waals surface area contributed by atoms with Crippen LogP contribution in [0.15, 0.2) is 30.3 Å². The first-order chi connectivity index (χ1) is 12.1. The predicted molar refractivity (Wildman–Crippen MR) is 98.3 cm³/mol. The molecule has 2 aliphatic heterocycles. The molecule has 2 fully saturated rings. The fourth-order valence-corrected chi connectivity index (χ4v) is 3.67. The SMILES string of the molecule is C[C@H]1C[C@@H](C(=O)N2CCN(CC(=O)Nc3ccccc3)CC2)CCN1. The molecular weight excluding hydrogens is 316 g/mol. The molecule has 3 rings (SSSR count). The molecule has 1 aromatic carbocycles. The average molecular weight is 344 g/mol. The van der Waals surface area contributed by atoms with E-state index in [2.05, 4.69) is 22.5 Å². The molecule has 0 radical (unpaired) electrons. The van der Waals surface area contributed by atoms with E-state index < -0.39 is 0 Å². The molecule has 0 unspecified atom stereocenters. The van der Waals surface area contributed by atoms with E-state index in [-0.39, 0.29) is 11.8 Å². The van der Waals surface area contributed by atoms with Gasteiger partial charge < -0.3 is 15.5 Å². The first-order valence-corrected chi connectivity index (χ1v) is 9.21. The number of para-hydroxylation sites is 1. The second-order valence-electron chi connectivity index (χ2n) is 7.09. The fraction of sp³-hybridized carbons (Fsp3) is 0.579. The maximum atomic E-state index is 12.7. The van der Waals surface area contributed by atoms with E-state index in [0.29, 0.717) is 18.5 Å². The molecule has 2 amide bonds. The van der Waals surface area contributed by atoms with Crippen molar-refractivity contribution in [1.82, 2.24) is 15.1 Å². The summed E-state index contributed by atoms with van der Waals surface area (Å²) in [6.07, 6.45) is 1.86. The highest BCUT2D eigenvalue weighted by atomic mass is 16.2. The van der Waals surface area contributed by atoms with Crippen LogP contribution >= 0.6 is 0 Å². The normalized spacial score (nSPS) is 24.8. The van der Waals surface area contributed by atoms with Gasteiger partial charge in [-0.25, -0.2) is 0 Å². The van der Waals surface area contributed by atoms with Crippen LogP contribution in [0.25, 0.3) is 0 Å². The molecule has 2 N–H and O–H groups in total. The highest BCUT2D eigenvalue weighted by Gasteiger charge is 2.30. The van der Waals surface area contributed by atoms with E-state index in [1.807, 2.05) is 35.2 Å². The van der Waals surface area contributed by atoms with Crippen molar-refractivity contribution in [2.45, 2.75) is 25.8 Å². The lowest BCUT2D eigenvalue weighted by molar-refractivity contribution is -0.138. The highest BCUT2D eigenvalue weighted by molar-refractivity contribution is 5.92. The Hall–Kier alpha value is -1.92. The number of nitrogens with one attached hydrogen (secondary N) is 2. The largest absolute Gasteiger partial charge is 0.340 e. The Bertz CT molecular complexity index is 584. The molecule has 25 heavy (non-hydrogen) atoms. The number of carbonyl (C=O) groups excluding carboxylic acids is 2. The van der Waals surface area contributed by atoms with Crippen LogP contribution in [0.5, 0.6) is 0 Å². The third kappa shape index (κ3) is 5.03. The summed E-state index contributed by atoms with van der Waals surface area (Å²) in [4.78, 5) is 28.9. The minimum Gasteiger partial charge on any atom is -0.340 e. The molecule has 0 aliphatic carbocycles. The Morgan fingerprint density at radius 2 is 1.88 bits per heavy atom. The van der Waals surface area contributed by atoms with Crippen molar-refractivity contribution in [2.75, 3.05) is 44.6 Å². The zero-order valence-corrected chi connectivity index (χ0v) is 14.9. The Morgan fingerprint density at radius 1 is 1.16 bits per heavy atom. The minimum atomic E-state index is -0.00171. The minimum absolute atomic E-state index is 0.00171. The number of amides is 2. The molecule has 0 spiro atoms. The van der Waals surface area contributed by atoms with Gasteiger partial charge in [0.05, 0.1) is 6.54 Å². The average Bonchev–Trinajstić information content (AvgIpc) is 2.62. The first kappa shape index (κ1) is 17.9. The van der Waals surface area contributed by atoms with E-state index >= 15 is 0 Å². The van der Waals surface area contributed by atoms with Crippen molar-refractivity contribution in [3.05, 3.63) is 30.3 Å². The molecule has 136 valence electrons. The monoisotopic (exact) mass is 344 g/mol. The second-order valence-corrected chi connectivity index (χ2v) is 7.09. The number of piperidine rings is 1. The van der Waals surface area contributed by atoms with Gasteiger partial charge in [0.15, 0.2) is 0 Å². The fourth-order valence-electron chi connectivity index (χ4n) is 3.67. The smallest absolute Gasteiger partial charge is 0.238 e. The summed E-state index contributed by atoms with van der Waals surface area (Å²) >= 11 is 0. The summed E-state index contributed by atoms with van der Waals surface area (Å²) in [6, 6.07) is 9.92. The third-order valence-corrected chi connectivity index (χ3v) is 5.08. The summed E-state index contributed by atoms with van der Waals surface area (Å²) in [5.74, 6) is 0.448. The zero-order chi connectivity index (χ0) is 17.6. The molecule has 6 nitrogen and oxygen atoms in total. The number of rotatable bonds is 4. The Kier molecular flexibility index (Phi) is 6.04. The first-order valence-electron chi connectivity index (χ1n) is 9.21. The van der Waals surface area contributed by atoms with E-state index in [9.17, 15) is 9.59 Å². The van der Waals surface area contributed by atoms with Gasteiger partial charge in [0.2, 0.25) is 11.8 Å². The van der Waals surface area contributed by atoms with Gasteiger partial charge in [-0.3, -0.25) is 14.5 Å². The molecule has 6 heteroatoms. The molecule has 0 bridgehead atoms. The summed E-state index contributed by atoms with van der Waals surface area (Å²) < 4.78 is 0. The summed E-state index contributed by atoms with van der Waals surface area (Å²) in [5, 5.41) is 6.31. The van der Waals surface area contributed by atoms with Crippen molar-refractivity contribution in [3.63, 3.8) is 0 Å². The lowest BCUT2D eigenvalue weighted by Gasteiger charge is -2.37. The quantitative estimate of drug-likeness (QED) is 0.860. The topological polar surface area (TPSA) is 64.7 Å². The van der Waals surface area contributed by atoms with Gasteiger partial charge in [-0.15, -0.1) is 0 Å². The predicted octanol–water partition coefficient (Wildman–Crippen LogP) is 1.16. The number of hydrogen-bond acceptors (Lipinski definition) is 4. The highest BCUT2D eigenvalue weighted by Crippen LogP contribution is 2.19. The molecule has 2 aliphatic rings. The Morgan fingerprint density at radius 3 is 2.56 bits per heavy atom. The number of anilines is 1. The maximum Gasteiger partial charge on any atom is 0.238 e. The molecular formula is C19H28N4O2. The van der Waals surface area contributed by atoms with Crippen LogP contribution in [0.1, 0.15) is 19.8 Å². The summed E-state index contributed by atoms with van der Waals surface area (Å²) in [5.41, 5.74) is 0.821. The van der Waals surface area contributed by atoms with E-state index in [0.717, 1.165) is 51.3 Å². The number of benzene rings is 1. The van der Waals surface area contributed by atoms with Crippen LogP contribution in [-0.4, -0.2) is 66.9 Å². The maximum absolute atomic E-state index is 12.7. The number of piperazine rings is 1. The van der Waals surface area contributed by atoms with Crippen molar-refractivity contribution >= 4 is 17.5 Å². The van der Waals surface area contributed by atoms with Crippen LogP contribution in [0.2, 0.25) is 0 Å². The van der Waals surface area contributed by atoms with Crippen molar-refractivity contribution < 1.29 is 9.59 Å². The molecule has 2 saturated heterocycles. The van der Waals surface area contributed by atoms with Gasteiger partial charge in [-0.05, 0) is 38.4 Å². The number of carbonyl (C=O) groups is 2. The van der Waals surface area contributed by atoms with Gasteiger partial charge in [0, 0.05) is 43.8 Å². The summed E-state index contributed by atoms with van der Waals surface area (Å²) in [7, 11) is 0. The van der Waals surface area contributed by atoms with Gasteiger partial charge in [0.25, 0.3) is 0 Å². The Labute approximate surface area is 149 Å². The van der Waals surface area contributed by atoms with Crippen LogP contribution < -0.4 is 10.6 Å². The second kappa shape index (κ2) is 8.45. The lowest BCUT2D eigenvalue weighted by atomic mass is 9.92. The number of hydrogen-bond donors (Lipinski definition) is 2. The van der Waals surface area contributed by atoms with Gasteiger partial charge in [0.1, 0.15) is 0 Å². The van der Waals surface area contributed by atoms with Crippen molar-refractivity contribution in [1.29, 1.82) is 0 Å². The molecule has 1 aromatic rings. The third-order valence-electron chi connectivity index (χ3n) is 5.08. The van der Waals surface area contributed by atoms with Crippen LogP contribution in [-0.2, 0) is 9.59 Å². The van der Waals surface area contributed by atoms with Crippen LogP contribution in [0.4, 0.5) is 5.69 Å². The molecule has 2 atom stereocenters. The Balaban J connectivity index is 1.42. The van der Waals surface area contributed by atoms with Gasteiger partial charge >= 0.3 is 0 Å². The van der Waals surface area contributed by atoms with Crippen molar-refractivity contribution in [2.24, 2.45) is 5.92 Å². The van der Waals surface area contributed by atoms with E-state index in [1.165, 1.54) is 0 Å². The van der Waals surface area contributed by atoms with E-state index in [1.54, 1.807) is 0 Å². The summed E-state index contributed by atoms with van der Waals surface area (Å²) in [6.45, 7) is 6.40. The molecule has 0 aromatic heterocycles. The van der Waals surface area contributed by atoms with Crippen LogP contribution in [0.3, 0.4) is 0 Å². The zero-order valence-electron chi connectivity index (χ0n) is 14.9. The van der Waals surface area contributed by atoms with Crippen molar-refractivity contribution in [3.8, 4) is 0 Å². The van der Waals surface area contributed by atoms with Gasteiger partial charge in [-0.2, -0.15) is 0 Å². The number of nitrogens with zero attached hydrogens (tertiary/aromatic N) is 2. The lowest BCUT2D eigenvalue weighted by Crippen LogP contribution is -2.53.